The van der Waals surface area contributed by atoms with Gasteiger partial charge < -0.3 is 9.13 Å². The van der Waals surface area contributed by atoms with Crippen molar-refractivity contribution in [2.45, 2.75) is 33.1 Å². The molecule has 0 saturated carbocycles. The Hall–Kier alpha value is 0.137. The molecule has 0 unspecified atom stereocenters. The molecule has 0 N–H and O–H groups in total. The van der Waals surface area contributed by atoms with Crippen molar-refractivity contribution in [3.63, 3.8) is 0 Å². The quantitative estimate of drug-likeness (QED) is 0.551. The molecule has 0 atom stereocenters. The lowest BCUT2D eigenvalue weighted by atomic mass is 10.3. The van der Waals surface area contributed by atoms with Gasteiger partial charge in [0, 0.05) is 0 Å². The Labute approximate surface area is 79.9 Å². The van der Waals surface area contributed by atoms with Gasteiger partial charge in [-0.3, -0.25) is 0 Å². The SMILES string of the molecule is CCCCN(CCC)[SiH2]N(C)C. The minimum absolute atomic E-state index is 0.105. The Balaban J connectivity index is 3.54. The fourth-order valence-electron chi connectivity index (χ4n) is 1.35. The number of rotatable bonds is 7. The maximum absolute atomic E-state index is 2.66. The van der Waals surface area contributed by atoms with Crippen LogP contribution < -0.4 is 0 Å². The van der Waals surface area contributed by atoms with E-state index in [9.17, 15) is 0 Å². The van der Waals surface area contributed by atoms with Crippen molar-refractivity contribution < 1.29 is 0 Å². The van der Waals surface area contributed by atoms with Crippen molar-refractivity contribution in [2.75, 3.05) is 27.2 Å². The highest BCUT2D eigenvalue weighted by Gasteiger charge is 2.03. The predicted octanol–water partition coefficient (Wildman–Crippen LogP) is 1.06. The predicted molar refractivity (Wildman–Crippen MR) is 59.0 cm³/mol. The Morgan fingerprint density at radius 2 is 1.67 bits per heavy atom. The van der Waals surface area contributed by atoms with Crippen molar-refractivity contribution >= 4 is 9.84 Å². The molecule has 3 heteroatoms. The third-order valence-electron chi connectivity index (χ3n) is 1.85. The van der Waals surface area contributed by atoms with Crippen LogP contribution in [0.4, 0.5) is 0 Å². The Morgan fingerprint density at radius 1 is 1.00 bits per heavy atom. The lowest BCUT2D eigenvalue weighted by Crippen LogP contribution is -2.38. The van der Waals surface area contributed by atoms with Gasteiger partial charge in [-0.2, -0.15) is 0 Å². The van der Waals surface area contributed by atoms with E-state index in [2.05, 4.69) is 37.1 Å². The van der Waals surface area contributed by atoms with Gasteiger partial charge in [-0.15, -0.1) is 0 Å². The van der Waals surface area contributed by atoms with Gasteiger partial charge in [-0.1, -0.05) is 20.3 Å². The van der Waals surface area contributed by atoms with Gasteiger partial charge in [0.2, 0.25) is 0 Å². The molecule has 0 aliphatic rings. The lowest BCUT2D eigenvalue weighted by Gasteiger charge is -2.24. The van der Waals surface area contributed by atoms with Gasteiger partial charge in [-0.05, 0) is 40.0 Å². The third-order valence-corrected chi connectivity index (χ3v) is 3.45. The molecule has 0 aliphatic carbocycles. The summed E-state index contributed by atoms with van der Waals surface area (Å²) in [6.45, 7) is 7.14. The molecule has 0 aromatic rings. The monoisotopic (exact) mass is 188 g/mol. The fraction of sp³-hybridized carbons (Fsp3) is 1.00. The van der Waals surface area contributed by atoms with Crippen LogP contribution in [-0.2, 0) is 0 Å². The van der Waals surface area contributed by atoms with Crippen LogP contribution in [0.25, 0.3) is 0 Å². The molecule has 0 spiro atoms. The summed E-state index contributed by atoms with van der Waals surface area (Å²) < 4.78 is 5.04. The van der Waals surface area contributed by atoms with Crippen LogP contribution in [0.15, 0.2) is 0 Å². The molecular formula is C9H24N2Si. The zero-order valence-corrected chi connectivity index (χ0v) is 10.6. The first-order valence-corrected chi connectivity index (χ1v) is 6.34. The van der Waals surface area contributed by atoms with Gasteiger partial charge in [-0.25, -0.2) is 0 Å². The highest BCUT2D eigenvalue weighted by atomic mass is 28.2. The van der Waals surface area contributed by atoms with E-state index in [1.54, 1.807) is 0 Å². The summed E-state index contributed by atoms with van der Waals surface area (Å²) >= 11 is 0. The van der Waals surface area contributed by atoms with E-state index in [4.69, 9.17) is 0 Å². The molecule has 0 heterocycles. The Kier molecular flexibility index (Phi) is 7.86. The first kappa shape index (κ1) is 12.1. The fourth-order valence-corrected chi connectivity index (χ4v) is 2.97. The third kappa shape index (κ3) is 6.82. The molecule has 0 aromatic carbocycles. The topological polar surface area (TPSA) is 6.48 Å². The van der Waals surface area contributed by atoms with E-state index in [-0.39, 0.29) is 9.84 Å². The van der Waals surface area contributed by atoms with Crippen LogP contribution in [0.1, 0.15) is 33.1 Å². The molecule has 0 amide bonds. The standard InChI is InChI=1S/C9H24N2Si/c1-5-7-9-11(8-6-2)12-10(3)4/h5-9,12H2,1-4H3. The smallest absolute Gasteiger partial charge is 0.172 e. The number of hydrogen-bond acceptors (Lipinski definition) is 2. The zero-order valence-electron chi connectivity index (χ0n) is 9.14. The Bertz CT molecular complexity index is 96.5. The first-order chi connectivity index (χ1) is 5.70. The molecule has 0 saturated heterocycles. The molecule has 0 aliphatic heterocycles. The van der Waals surface area contributed by atoms with E-state index in [0.717, 1.165) is 0 Å². The van der Waals surface area contributed by atoms with Crippen molar-refractivity contribution in [1.29, 1.82) is 0 Å². The summed E-state index contributed by atoms with van der Waals surface area (Å²) in [5.74, 6) is 0. The van der Waals surface area contributed by atoms with Crippen LogP contribution in [0.5, 0.6) is 0 Å². The maximum atomic E-state index is 2.66. The maximum Gasteiger partial charge on any atom is 0.172 e. The average Bonchev–Trinajstić information content (AvgIpc) is 2.00. The summed E-state index contributed by atoms with van der Waals surface area (Å²) in [7, 11) is 4.29. The van der Waals surface area contributed by atoms with Crippen molar-refractivity contribution in [2.24, 2.45) is 0 Å². The van der Waals surface area contributed by atoms with E-state index < -0.39 is 0 Å². The minimum atomic E-state index is -0.105. The molecule has 0 aromatic heterocycles. The van der Waals surface area contributed by atoms with Crippen LogP contribution in [0.3, 0.4) is 0 Å². The van der Waals surface area contributed by atoms with E-state index in [1.807, 2.05) is 0 Å². The summed E-state index contributed by atoms with van der Waals surface area (Å²) in [5.41, 5.74) is 0. The summed E-state index contributed by atoms with van der Waals surface area (Å²) in [4.78, 5) is 0. The highest BCUT2D eigenvalue weighted by Crippen LogP contribution is 1.95. The molecule has 12 heavy (non-hydrogen) atoms. The lowest BCUT2D eigenvalue weighted by molar-refractivity contribution is 0.399. The van der Waals surface area contributed by atoms with Crippen molar-refractivity contribution in [1.82, 2.24) is 9.13 Å². The van der Waals surface area contributed by atoms with Crippen LogP contribution >= 0.6 is 0 Å². The molecular weight excluding hydrogens is 164 g/mol. The molecule has 0 bridgehead atoms. The number of unbranched alkanes of at least 4 members (excludes halogenated alkanes) is 1. The van der Waals surface area contributed by atoms with Gasteiger partial charge in [0.15, 0.2) is 9.84 Å². The Morgan fingerprint density at radius 3 is 2.08 bits per heavy atom. The van der Waals surface area contributed by atoms with Crippen LogP contribution in [0, 0.1) is 0 Å². The number of nitrogens with zero attached hydrogens (tertiary/aromatic N) is 2. The highest BCUT2D eigenvalue weighted by molar-refractivity contribution is 6.28. The molecule has 0 radical (unpaired) electrons. The molecule has 74 valence electrons. The average molecular weight is 188 g/mol. The minimum Gasteiger partial charge on any atom is -0.322 e. The van der Waals surface area contributed by atoms with Gasteiger partial charge >= 0.3 is 0 Å². The van der Waals surface area contributed by atoms with Gasteiger partial charge in [0.1, 0.15) is 0 Å². The van der Waals surface area contributed by atoms with E-state index in [0.29, 0.717) is 0 Å². The van der Waals surface area contributed by atoms with E-state index in [1.165, 1.54) is 32.4 Å². The second-order valence-corrected chi connectivity index (χ2v) is 6.13. The van der Waals surface area contributed by atoms with Gasteiger partial charge in [0.25, 0.3) is 0 Å². The van der Waals surface area contributed by atoms with Crippen molar-refractivity contribution in [3.05, 3.63) is 0 Å². The van der Waals surface area contributed by atoms with Gasteiger partial charge in [0.05, 0.1) is 0 Å². The largest absolute Gasteiger partial charge is 0.322 e. The van der Waals surface area contributed by atoms with Crippen LogP contribution in [-0.4, -0.2) is 46.2 Å². The second kappa shape index (κ2) is 7.77. The zero-order chi connectivity index (χ0) is 9.40. The van der Waals surface area contributed by atoms with E-state index >= 15 is 0 Å². The summed E-state index contributed by atoms with van der Waals surface area (Å²) in [5, 5.41) is 0. The normalized spacial score (nSPS) is 12.5. The number of hydrogen-bond donors (Lipinski definition) is 0. The molecule has 2 nitrogen and oxygen atoms in total. The summed E-state index contributed by atoms with van der Waals surface area (Å²) in [6.07, 6.45) is 3.98. The van der Waals surface area contributed by atoms with Crippen LogP contribution in [0.2, 0.25) is 0 Å². The van der Waals surface area contributed by atoms with Crippen molar-refractivity contribution in [3.8, 4) is 0 Å². The first-order valence-electron chi connectivity index (χ1n) is 5.07. The second-order valence-electron chi connectivity index (χ2n) is 3.69. The molecule has 0 fully saturated rings. The summed E-state index contributed by atoms with van der Waals surface area (Å²) in [6, 6.07) is 0. The molecule has 0 rings (SSSR count).